The summed E-state index contributed by atoms with van der Waals surface area (Å²) < 4.78 is 16.3. The van der Waals surface area contributed by atoms with Gasteiger partial charge in [-0.15, -0.1) is 11.3 Å². The van der Waals surface area contributed by atoms with Crippen molar-refractivity contribution in [2.24, 2.45) is 0 Å². The minimum absolute atomic E-state index is 0.0931. The van der Waals surface area contributed by atoms with Crippen LogP contribution in [-0.2, 0) is 22.6 Å². The molecule has 0 aliphatic heterocycles. The van der Waals surface area contributed by atoms with E-state index in [0.29, 0.717) is 38.5 Å². The van der Waals surface area contributed by atoms with Crippen LogP contribution in [0.2, 0.25) is 5.02 Å². The number of hydrogen-bond acceptors (Lipinski definition) is 7. The summed E-state index contributed by atoms with van der Waals surface area (Å²) >= 11 is 7.51. The van der Waals surface area contributed by atoms with E-state index in [1.807, 2.05) is 60.0 Å². The van der Waals surface area contributed by atoms with E-state index >= 15 is 0 Å². The molecule has 0 fully saturated rings. The van der Waals surface area contributed by atoms with Crippen molar-refractivity contribution in [3.63, 3.8) is 0 Å². The van der Waals surface area contributed by atoms with Crippen LogP contribution in [0.5, 0.6) is 17.2 Å². The third kappa shape index (κ3) is 7.81. The number of halogens is 1. The highest BCUT2D eigenvalue weighted by Gasteiger charge is 2.33. The molecule has 1 atom stereocenters. The molecule has 0 bridgehead atoms. The van der Waals surface area contributed by atoms with Crippen LogP contribution in [0.4, 0.5) is 5.69 Å². The van der Waals surface area contributed by atoms with Crippen LogP contribution in [0.15, 0.2) is 102 Å². The van der Waals surface area contributed by atoms with Crippen molar-refractivity contribution in [2.45, 2.75) is 19.0 Å². The van der Waals surface area contributed by atoms with Crippen LogP contribution in [0.25, 0.3) is 11.3 Å². The molecule has 10 heteroatoms. The quantitative estimate of drug-likeness (QED) is 0.152. The Hall–Kier alpha value is -4.86. The van der Waals surface area contributed by atoms with Gasteiger partial charge in [0.05, 0.1) is 40.0 Å². The first kappa shape index (κ1) is 31.6. The number of amides is 2. The van der Waals surface area contributed by atoms with Crippen molar-refractivity contribution < 1.29 is 23.8 Å². The number of ether oxygens (including phenoxy) is 3. The lowest BCUT2D eigenvalue weighted by molar-refractivity contribution is -0.139. The number of anilines is 1. The molecule has 1 N–H and O–H groups in total. The molecule has 5 rings (SSSR count). The summed E-state index contributed by atoms with van der Waals surface area (Å²) in [4.78, 5) is 34.8. The molecule has 0 saturated heterocycles. The summed E-state index contributed by atoms with van der Waals surface area (Å²) in [6.45, 7) is 0.0962. The summed E-state index contributed by atoms with van der Waals surface area (Å²) in [6, 6.07) is 28.0. The molecule has 1 aromatic heterocycles. The van der Waals surface area contributed by atoms with Gasteiger partial charge in [-0.1, -0.05) is 60.1 Å². The molecular weight excluding hydrogens is 610 g/mol. The Morgan fingerprint density at radius 3 is 2.24 bits per heavy atom. The van der Waals surface area contributed by atoms with E-state index in [9.17, 15) is 9.59 Å². The number of carbonyl (C=O) groups excluding carboxylic acids is 2. The summed E-state index contributed by atoms with van der Waals surface area (Å²) in [6.07, 6.45) is 0.0931. The SMILES string of the molecule is COc1ccc(NC(=O)C(c2ccc(OC)c(OC)c2)N(Cc2nc(-c3ccc(Cl)cc3)cs2)C(=O)Cc2ccccc2)cc1. The van der Waals surface area contributed by atoms with Crippen molar-refractivity contribution in [1.29, 1.82) is 0 Å². The Kier molecular flexibility index (Phi) is 10.3. The molecule has 0 radical (unpaired) electrons. The van der Waals surface area contributed by atoms with Gasteiger partial charge in [0, 0.05) is 21.7 Å². The third-order valence-electron chi connectivity index (χ3n) is 7.16. The number of methoxy groups -OCH3 is 3. The number of rotatable bonds is 12. The van der Waals surface area contributed by atoms with E-state index in [1.165, 1.54) is 18.4 Å². The van der Waals surface area contributed by atoms with Gasteiger partial charge in [-0.25, -0.2) is 4.98 Å². The zero-order chi connectivity index (χ0) is 31.8. The second-order valence-electron chi connectivity index (χ2n) is 10.1. The fourth-order valence-corrected chi connectivity index (χ4v) is 5.79. The number of nitrogens with one attached hydrogen (secondary N) is 1. The highest BCUT2D eigenvalue weighted by Crippen LogP contribution is 2.35. The van der Waals surface area contributed by atoms with Gasteiger partial charge in [0.1, 0.15) is 16.8 Å². The Balaban J connectivity index is 1.56. The molecule has 230 valence electrons. The normalized spacial score (nSPS) is 11.4. The Morgan fingerprint density at radius 1 is 0.867 bits per heavy atom. The largest absolute Gasteiger partial charge is 0.497 e. The molecule has 5 aromatic rings. The fourth-order valence-electron chi connectivity index (χ4n) is 4.86. The van der Waals surface area contributed by atoms with Gasteiger partial charge in [-0.2, -0.15) is 0 Å². The lowest BCUT2D eigenvalue weighted by Crippen LogP contribution is -2.41. The van der Waals surface area contributed by atoms with Gasteiger partial charge in [0.15, 0.2) is 11.5 Å². The molecule has 45 heavy (non-hydrogen) atoms. The summed E-state index contributed by atoms with van der Waals surface area (Å²) in [7, 11) is 4.65. The van der Waals surface area contributed by atoms with Crippen molar-refractivity contribution in [3.8, 4) is 28.5 Å². The first-order valence-electron chi connectivity index (χ1n) is 14.1. The highest BCUT2D eigenvalue weighted by molar-refractivity contribution is 7.09. The first-order chi connectivity index (χ1) is 21.9. The number of nitrogens with zero attached hydrogens (tertiary/aromatic N) is 2. The van der Waals surface area contributed by atoms with E-state index in [0.717, 1.165) is 16.8 Å². The third-order valence-corrected chi connectivity index (χ3v) is 8.24. The Bertz CT molecular complexity index is 1740. The Morgan fingerprint density at radius 2 is 1.58 bits per heavy atom. The average molecular weight is 642 g/mol. The topological polar surface area (TPSA) is 90.0 Å². The predicted molar refractivity (Wildman–Crippen MR) is 177 cm³/mol. The van der Waals surface area contributed by atoms with Gasteiger partial charge < -0.3 is 24.4 Å². The summed E-state index contributed by atoms with van der Waals surface area (Å²) in [5.41, 5.74) is 3.59. The smallest absolute Gasteiger partial charge is 0.251 e. The second kappa shape index (κ2) is 14.7. The fraction of sp³-hybridized carbons (Fsp3) is 0.171. The maximum absolute atomic E-state index is 14.2. The molecule has 0 aliphatic carbocycles. The second-order valence-corrected chi connectivity index (χ2v) is 11.4. The standard InChI is InChI=1S/C35H32ClN3O5S/c1-42-28-16-14-27(15-17-28)37-35(41)34(25-11-18-30(43-2)31(20-25)44-3)39(33(40)19-23-7-5-4-6-8-23)21-32-38-29(22-45-32)24-9-12-26(36)13-10-24/h4-18,20,22,34H,19,21H2,1-3H3,(H,37,41). The molecule has 0 spiro atoms. The molecule has 0 aliphatic rings. The van der Waals surface area contributed by atoms with Crippen LogP contribution in [0, 0.1) is 0 Å². The average Bonchev–Trinajstić information content (AvgIpc) is 3.54. The number of aromatic nitrogens is 1. The molecule has 2 amide bonds. The van der Waals surface area contributed by atoms with Crippen LogP contribution in [0.3, 0.4) is 0 Å². The predicted octanol–water partition coefficient (Wildman–Crippen LogP) is 7.44. The van der Waals surface area contributed by atoms with E-state index < -0.39 is 11.9 Å². The summed E-state index contributed by atoms with van der Waals surface area (Å²) in [5, 5.41) is 6.22. The van der Waals surface area contributed by atoms with Crippen LogP contribution < -0.4 is 19.5 Å². The van der Waals surface area contributed by atoms with Gasteiger partial charge in [-0.3, -0.25) is 9.59 Å². The van der Waals surface area contributed by atoms with Crippen molar-refractivity contribution in [2.75, 3.05) is 26.6 Å². The van der Waals surface area contributed by atoms with Gasteiger partial charge in [-0.05, 0) is 59.7 Å². The van der Waals surface area contributed by atoms with Crippen molar-refractivity contribution >= 4 is 40.4 Å². The molecule has 4 aromatic carbocycles. The molecule has 0 saturated carbocycles. The highest BCUT2D eigenvalue weighted by atomic mass is 35.5. The van der Waals surface area contributed by atoms with E-state index in [4.69, 9.17) is 30.8 Å². The maximum Gasteiger partial charge on any atom is 0.251 e. The van der Waals surface area contributed by atoms with Crippen molar-refractivity contribution in [3.05, 3.63) is 124 Å². The summed E-state index contributed by atoms with van der Waals surface area (Å²) in [5.74, 6) is 0.957. The van der Waals surface area contributed by atoms with Gasteiger partial charge >= 0.3 is 0 Å². The van der Waals surface area contributed by atoms with Crippen LogP contribution >= 0.6 is 22.9 Å². The monoisotopic (exact) mass is 641 g/mol. The number of thiazole rings is 1. The van der Waals surface area contributed by atoms with E-state index in [1.54, 1.807) is 61.6 Å². The number of carbonyl (C=O) groups is 2. The molecule has 1 heterocycles. The molecule has 8 nitrogen and oxygen atoms in total. The van der Waals surface area contributed by atoms with E-state index in [2.05, 4.69) is 5.32 Å². The van der Waals surface area contributed by atoms with Gasteiger partial charge in [0.25, 0.3) is 5.91 Å². The zero-order valence-corrected chi connectivity index (χ0v) is 26.6. The minimum atomic E-state index is -1.04. The molecule has 1 unspecified atom stereocenters. The minimum Gasteiger partial charge on any atom is -0.497 e. The van der Waals surface area contributed by atoms with E-state index in [-0.39, 0.29) is 18.9 Å². The number of benzene rings is 4. The Labute approximate surface area is 271 Å². The zero-order valence-electron chi connectivity index (χ0n) is 25.0. The number of hydrogen-bond donors (Lipinski definition) is 1. The van der Waals surface area contributed by atoms with Crippen LogP contribution in [-0.4, -0.2) is 43.0 Å². The lowest BCUT2D eigenvalue weighted by Gasteiger charge is -2.31. The van der Waals surface area contributed by atoms with Crippen LogP contribution in [0.1, 0.15) is 22.2 Å². The molecular formula is C35H32ClN3O5S. The van der Waals surface area contributed by atoms with Gasteiger partial charge in [0.2, 0.25) is 5.91 Å². The first-order valence-corrected chi connectivity index (χ1v) is 15.3. The lowest BCUT2D eigenvalue weighted by atomic mass is 10.0. The van der Waals surface area contributed by atoms with Crippen molar-refractivity contribution in [1.82, 2.24) is 9.88 Å². The maximum atomic E-state index is 14.2.